The predicted molar refractivity (Wildman–Crippen MR) is 84.8 cm³/mol. The molecule has 120 valence electrons. The second kappa shape index (κ2) is 6.66. The molecule has 1 amide bonds. The topological polar surface area (TPSA) is 49.6 Å². The van der Waals surface area contributed by atoms with Gasteiger partial charge < -0.3 is 10.6 Å². The molecule has 2 N–H and O–H groups in total. The zero-order valence-electron chi connectivity index (χ0n) is 13.5. The Morgan fingerprint density at radius 3 is 2.29 bits per heavy atom. The summed E-state index contributed by atoms with van der Waals surface area (Å²) in [4.78, 5) is 17.4. The van der Waals surface area contributed by atoms with Crippen LogP contribution in [-0.2, 0) is 4.79 Å². The van der Waals surface area contributed by atoms with Crippen molar-refractivity contribution < 1.29 is 4.79 Å². The Labute approximate surface area is 129 Å². The third kappa shape index (κ3) is 3.11. The van der Waals surface area contributed by atoms with Crippen LogP contribution < -0.4 is 5.73 Å². The maximum absolute atomic E-state index is 12.7. The molecule has 0 bridgehead atoms. The molecular weight excluding hydrogens is 262 g/mol. The molecule has 0 aromatic carbocycles. The van der Waals surface area contributed by atoms with E-state index in [9.17, 15) is 4.79 Å². The lowest BCUT2D eigenvalue weighted by Crippen LogP contribution is -2.52. The number of nitrogens with zero attached hydrogens (tertiary/aromatic N) is 2. The predicted octanol–water partition coefficient (Wildman–Crippen LogP) is 1.69. The lowest BCUT2D eigenvalue weighted by molar-refractivity contribution is -0.135. The van der Waals surface area contributed by atoms with Crippen molar-refractivity contribution in [1.29, 1.82) is 0 Å². The molecular formula is C17H31N3O. The second-order valence-corrected chi connectivity index (χ2v) is 7.14. The van der Waals surface area contributed by atoms with Crippen LogP contribution in [0.4, 0.5) is 0 Å². The van der Waals surface area contributed by atoms with E-state index < -0.39 is 0 Å². The van der Waals surface area contributed by atoms with E-state index in [-0.39, 0.29) is 0 Å². The van der Waals surface area contributed by atoms with E-state index in [1.165, 1.54) is 25.7 Å². The average molecular weight is 293 g/mol. The molecule has 21 heavy (non-hydrogen) atoms. The first-order valence-corrected chi connectivity index (χ1v) is 8.99. The number of carbonyl (C=O) groups is 1. The lowest BCUT2D eigenvalue weighted by atomic mass is 10.0. The average Bonchev–Trinajstić information content (AvgIpc) is 3.26. The summed E-state index contributed by atoms with van der Waals surface area (Å²) in [6, 6.07) is 0.607. The SMILES string of the molecule is CCC(CCN)N1CCN(C(=O)C2C3CCCCC32)CC1. The van der Waals surface area contributed by atoms with Gasteiger partial charge in [0.1, 0.15) is 0 Å². The normalized spacial score (nSPS) is 34.4. The van der Waals surface area contributed by atoms with E-state index in [1.807, 2.05) is 0 Å². The van der Waals surface area contributed by atoms with Gasteiger partial charge in [0.05, 0.1) is 0 Å². The third-order valence-corrected chi connectivity index (χ3v) is 6.06. The molecule has 0 radical (unpaired) electrons. The van der Waals surface area contributed by atoms with Crippen LogP contribution in [0.1, 0.15) is 45.4 Å². The highest BCUT2D eigenvalue weighted by atomic mass is 16.2. The first-order chi connectivity index (χ1) is 10.3. The summed E-state index contributed by atoms with van der Waals surface area (Å²) in [5, 5.41) is 0. The molecule has 1 aliphatic heterocycles. The Hall–Kier alpha value is -0.610. The van der Waals surface area contributed by atoms with Crippen molar-refractivity contribution in [1.82, 2.24) is 9.80 Å². The van der Waals surface area contributed by atoms with E-state index in [1.54, 1.807) is 0 Å². The first-order valence-electron chi connectivity index (χ1n) is 8.99. The van der Waals surface area contributed by atoms with Crippen LogP contribution in [-0.4, -0.2) is 54.5 Å². The quantitative estimate of drug-likeness (QED) is 0.839. The van der Waals surface area contributed by atoms with Crippen LogP contribution in [0.25, 0.3) is 0 Å². The molecule has 3 fully saturated rings. The number of nitrogens with two attached hydrogens (primary N) is 1. The number of hydrogen-bond donors (Lipinski definition) is 1. The summed E-state index contributed by atoms with van der Waals surface area (Å²) >= 11 is 0. The van der Waals surface area contributed by atoms with Crippen molar-refractivity contribution in [3.8, 4) is 0 Å². The fourth-order valence-corrected chi connectivity index (χ4v) is 4.71. The van der Waals surface area contributed by atoms with Gasteiger partial charge in [-0.25, -0.2) is 0 Å². The van der Waals surface area contributed by atoms with Gasteiger partial charge in [-0.15, -0.1) is 0 Å². The molecule has 2 aliphatic carbocycles. The Kier molecular flexibility index (Phi) is 4.85. The fraction of sp³-hybridized carbons (Fsp3) is 0.941. The summed E-state index contributed by atoms with van der Waals surface area (Å²) in [6.45, 7) is 6.93. The molecule has 3 rings (SSSR count). The maximum atomic E-state index is 12.7. The van der Waals surface area contributed by atoms with E-state index in [2.05, 4.69) is 16.7 Å². The minimum absolute atomic E-state index is 0.394. The highest BCUT2D eigenvalue weighted by Crippen LogP contribution is 2.56. The van der Waals surface area contributed by atoms with E-state index in [0.717, 1.165) is 57.4 Å². The van der Waals surface area contributed by atoms with Gasteiger partial charge >= 0.3 is 0 Å². The van der Waals surface area contributed by atoms with E-state index in [4.69, 9.17) is 5.73 Å². The number of amides is 1. The van der Waals surface area contributed by atoms with Gasteiger partial charge in [-0.05, 0) is 44.1 Å². The van der Waals surface area contributed by atoms with Gasteiger partial charge in [0.2, 0.25) is 5.91 Å². The third-order valence-electron chi connectivity index (χ3n) is 6.06. The Bertz CT molecular complexity index is 353. The zero-order valence-corrected chi connectivity index (χ0v) is 13.5. The summed E-state index contributed by atoms with van der Waals surface area (Å²) in [7, 11) is 0. The molecule has 0 aromatic rings. The summed E-state index contributed by atoms with van der Waals surface area (Å²) in [5.41, 5.74) is 5.71. The van der Waals surface area contributed by atoms with Crippen molar-refractivity contribution in [3.05, 3.63) is 0 Å². The number of piperazine rings is 1. The molecule has 1 saturated heterocycles. The van der Waals surface area contributed by atoms with Crippen molar-refractivity contribution in [3.63, 3.8) is 0 Å². The van der Waals surface area contributed by atoms with E-state index in [0.29, 0.717) is 17.9 Å². The van der Waals surface area contributed by atoms with Gasteiger partial charge in [-0.2, -0.15) is 0 Å². The van der Waals surface area contributed by atoms with E-state index >= 15 is 0 Å². The second-order valence-electron chi connectivity index (χ2n) is 7.14. The lowest BCUT2D eigenvalue weighted by Gasteiger charge is -2.39. The standard InChI is InChI=1S/C17H31N3O/c1-2-13(7-8-18)19-9-11-20(12-10-19)17(21)16-14-5-3-4-6-15(14)16/h13-16H,2-12,18H2,1H3. The van der Waals surface area contributed by atoms with Crippen molar-refractivity contribution in [2.75, 3.05) is 32.7 Å². The molecule has 0 spiro atoms. The largest absolute Gasteiger partial charge is 0.340 e. The van der Waals surface area contributed by atoms with Gasteiger partial charge in [-0.1, -0.05) is 19.8 Å². The number of rotatable bonds is 5. The van der Waals surface area contributed by atoms with Crippen LogP contribution >= 0.6 is 0 Å². The van der Waals surface area contributed by atoms with Crippen molar-refractivity contribution in [2.24, 2.45) is 23.5 Å². The summed E-state index contributed by atoms with van der Waals surface area (Å²) < 4.78 is 0. The Balaban J connectivity index is 1.48. The van der Waals surface area contributed by atoms with Gasteiger partial charge in [-0.3, -0.25) is 9.69 Å². The van der Waals surface area contributed by atoms with Crippen LogP contribution in [0.2, 0.25) is 0 Å². The minimum Gasteiger partial charge on any atom is -0.340 e. The van der Waals surface area contributed by atoms with Crippen LogP contribution in [0.15, 0.2) is 0 Å². The van der Waals surface area contributed by atoms with Crippen LogP contribution in [0.5, 0.6) is 0 Å². The molecule has 3 aliphatic rings. The number of hydrogen-bond acceptors (Lipinski definition) is 3. The fourth-order valence-electron chi connectivity index (χ4n) is 4.71. The molecule has 2 saturated carbocycles. The van der Waals surface area contributed by atoms with Crippen molar-refractivity contribution in [2.45, 2.75) is 51.5 Å². The smallest absolute Gasteiger partial charge is 0.226 e. The molecule has 0 aromatic heterocycles. The van der Waals surface area contributed by atoms with Crippen molar-refractivity contribution >= 4 is 5.91 Å². The zero-order chi connectivity index (χ0) is 14.8. The Morgan fingerprint density at radius 2 is 1.76 bits per heavy atom. The molecule has 4 heteroatoms. The van der Waals surface area contributed by atoms with Gasteiger partial charge in [0, 0.05) is 38.1 Å². The first kappa shape index (κ1) is 15.3. The molecule has 3 atom stereocenters. The minimum atomic E-state index is 0.394. The highest BCUT2D eigenvalue weighted by molar-refractivity contribution is 5.82. The highest BCUT2D eigenvalue weighted by Gasteiger charge is 2.55. The monoisotopic (exact) mass is 293 g/mol. The van der Waals surface area contributed by atoms with Crippen LogP contribution in [0, 0.1) is 17.8 Å². The van der Waals surface area contributed by atoms with Crippen LogP contribution in [0.3, 0.4) is 0 Å². The summed E-state index contributed by atoms with van der Waals surface area (Å²) in [6.07, 6.45) is 7.53. The number of carbonyl (C=O) groups excluding carboxylic acids is 1. The van der Waals surface area contributed by atoms with Gasteiger partial charge in [0.25, 0.3) is 0 Å². The molecule has 1 heterocycles. The molecule has 4 nitrogen and oxygen atoms in total. The summed E-state index contributed by atoms with van der Waals surface area (Å²) in [5.74, 6) is 2.35. The number of fused-ring (bicyclic) bond motifs is 1. The Morgan fingerprint density at radius 1 is 1.14 bits per heavy atom. The maximum Gasteiger partial charge on any atom is 0.226 e. The van der Waals surface area contributed by atoms with Gasteiger partial charge in [0.15, 0.2) is 0 Å². The molecule has 3 unspecified atom stereocenters.